The van der Waals surface area contributed by atoms with Crippen molar-refractivity contribution in [3.63, 3.8) is 0 Å². The largest absolute Gasteiger partial charge is 0.497 e. The second-order valence-corrected chi connectivity index (χ2v) is 3.06. The molecule has 0 aliphatic rings. The Kier molecular flexibility index (Phi) is 5.08. The molecule has 0 aromatic heterocycles. The zero-order valence-corrected chi connectivity index (χ0v) is 9.18. The van der Waals surface area contributed by atoms with Gasteiger partial charge in [-0.2, -0.15) is 0 Å². The molecule has 86 valence electrons. The Morgan fingerprint density at radius 3 is 2.62 bits per heavy atom. The Morgan fingerprint density at radius 2 is 2.06 bits per heavy atom. The van der Waals surface area contributed by atoms with Gasteiger partial charge < -0.3 is 15.2 Å². The zero-order valence-electron chi connectivity index (χ0n) is 9.18. The third-order valence-electron chi connectivity index (χ3n) is 1.89. The molecule has 0 atom stereocenters. The van der Waals surface area contributed by atoms with Crippen LogP contribution in [0.4, 0.5) is 0 Å². The maximum absolute atomic E-state index is 11.1. The van der Waals surface area contributed by atoms with E-state index in [1.807, 2.05) is 24.3 Å². The van der Waals surface area contributed by atoms with E-state index in [-0.39, 0.29) is 12.6 Å². The molecule has 4 nitrogen and oxygen atoms in total. The van der Waals surface area contributed by atoms with E-state index in [9.17, 15) is 4.79 Å². The van der Waals surface area contributed by atoms with Crippen molar-refractivity contribution in [1.29, 1.82) is 0 Å². The fraction of sp³-hybridized carbons (Fsp3) is 0.250. The van der Waals surface area contributed by atoms with Gasteiger partial charge in [-0.1, -0.05) is 12.1 Å². The van der Waals surface area contributed by atoms with Crippen molar-refractivity contribution in [2.45, 2.75) is 0 Å². The highest BCUT2D eigenvalue weighted by Gasteiger charge is 1.95. The Bertz CT molecular complexity index is 357. The van der Waals surface area contributed by atoms with E-state index in [2.05, 4.69) is 0 Å². The number of carbonyl (C=O) groups excluding carboxylic acids is 1. The van der Waals surface area contributed by atoms with Crippen LogP contribution in [-0.4, -0.2) is 26.2 Å². The van der Waals surface area contributed by atoms with Gasteiger partial charge in [0.05, 0.1) is 7.11 Å². The lowest BCUT2D eigenvalue weighted by Crippen LogP contribution is -2.11. The summed E-state index contributed by atoms with van der Waals surface area (Å²) in [4.78, 5) is 11.1. The normalized spacial score (nSPS) is 10.4. The number of benzene rings is 1. The third kappa shape index (κ3) is 4.14. The average molecular weight is 221 g/mol. The lowest BCUT2D eigenvalue weighted by Gasteiger charge is -1.99. The standard InChI is InChI=1S/C12H15NO3/c1-15-11-5-2-10(3-6-11)4-7-12(14)16-9-8-13/h2-7H,8-9,13H2,1H3/b7-4+. The Morgan fingerprint density at radius 1 is 1.38 bits per heavy atom. The molecule has 1 rings (SSSR count). The molecule has 0 unspecified atom stereocenters. The fourth-order valence-corrected chi connectivity index (χ4v) is 1.09. The maximum atomic E-state index is 11.1. The minimum Gasteiger partial charge on any atom is -0.497 e. The summed E-state index contributed by atoms with van der Waals surface area (Å²) in [6.45, 7) is 0.577. The first kappa shape index (κ1) is 12.3. The van der Waals surface area contributed by atoms with Gasteiger partial charge in [0, 0.05) is 12.6 Å². The number of esters is 1. The van der Waals surface area contributed by atoms with Gasteiger partial charge in [-0.05, 0) is 23.8 Å². The maximum Gasteiger partial charge on any atom is 0.330 e. The molecule has 16 heavy (non-hydrogen) atoms. The molecule has 1 aromatic rings. The summed E-state index contributed by atoms with van der Waals surface area (Å²) in [5.74, 6) is 0.393. The first-order valence-corrected chi connectivity index (χ1v) is 4.95. The van der Waals surface area contributed by atoms with Crippen LogP contribution in [0.1, 0.15) is 5.56 Å². The molecule has 0 heterocycles. The van der Waals surface area contributed by atoms with E-state index in [0.717, 1.165) is 11.3 Å². The van der Waals surface area contributed by atoms with Crippen LogP contribution in [0.2, 0.25) is 0 Å². The Hall–Kier alpha value is -1.81. The molecule has 0 radical (unpaired) electrons. The van der Waals surface area contributed by atoms with Crippen molar-refractivity contribution in [3.8, 4) is 5.75 Å². The fourth-order valence-electron chi connectivity index (χ4n) is 1.09. The molecule has 0 bridgehead atoms. The lowest BCUT2D eigenvalue weighted by molar-refractivity contribution is -0.137. The van der Waals surface area contributed by atoms with Gasteiger partial charge in [0.1, 0.15) is 12.4 Å². The molecule has 0 spiro atoms. The first-order valence-electron chi connectivity index (χ1n) is 4.95. The molecule has 1 aromatic carbocycles. The number of rotatable bonds is 5. The number of hydrogen-bond acceptors (Lipinski definition) is 4. The number of ether oxygens (including phenoxy) is 2. The summed E-state index contributed by atoms with van der Waals surface area (Å²) in [5, 5.41) is 0. The Balaban J connectivity index is 2.52. The van der Waals surface area contributed by atoms with E-state index in [4.69, 9.17) is 15.2 Å². The van der Waals surface area contributed by atoms with Crippen molar-refractivity contribution in [2.24, 2.45) is 5.73 Å². The van der Waals surface area contributed by atoms with Crippen LogP contribution in [0.3, 0.4) is 0 Å². The molecular formula is C12H15NO3. The highest BCUT2D eigenvalue weighted by atomic mass is 16.5. The smallest absolute Gasteiger partial charge is 0.330 e. The van der Waals surface area contributed by atoms with Gasteiger partial charge in [-0.25, -0.2) is 4.79 Å². The second kappa shape index (κ2) is 6.63. The van der Waals surface area contributed by atoms with Gasteiger partial charge in [0.2, 0.25) is 0 Å². The Labute approximate surface area is 94.7 Å². The number of nitrogens with two attached hydrogens (primary N) is 1. The van der Waals surface area contributed by atoms with E-state index >= 15 is 0 Å². The zero-order chi connectivity index (χ0) is 11.8. The van der Waals surface area contributed by atoms with Gasteiger partial charge in [0.25, 0.3) is 0 Å². The topological polar surface area (TPSA) is 61.5 Å². The van der Waals surface area contributed by atoms with Crippen molar-refractivity contribution in [1.82, 2.24) is 0 Å². The van der Waals surface area contributed by atoms with Crippen LogP contribution in [0.5, 0.6) is 5.75 Å². The van der Waals surface area contributed by atoms with Crippen LogP contribution >= 0.6 is 0 Å². The number of carbonyl (C=O) groups is 1. The summed E-state index contributed by atoms with van der Waals surface area (Å²) in [6.07, 6.45) is 3.05. The second-order valence-electron chi connectivity index (χ2n) is 3.06. The van der Waals surface area contributed by atoms with Gasteiger partial charge in [-0.15, -0.1) is 0 Å². The van der Waals surface area contributed by atoms with E-state index in [1.54, 1.807) is 13.2 Å². The summed E-state index contributed by atoms with van der Waals surface area (Å²) in [6, 6.07) is 7.35. The molecule has 0 fully saturated rings. The highest BCUT2D eigenvalue weighted by Crippen LogP contribution is 2.12. The number of methoxy groups -OCH3 is 1. The number of hydrogen-bond donors (Lipinski definition) is 1. The van der Waals surface area contributed by atoms with Crippen LogP contribution in [0.25, 0.3) is 6.08 Å². The molecule has 2 N–H and O–H groups in total. The van der Waals surface area contributed by atoms with Crippen molar-refractivity contribution >= 4 is 12.0 Å². The molecular weight excluding hydrogens is 206 g/mol. The molecule has 0 amide bonds. The van der Waals surface area contributed by atoms with Crippen LogP contribution in [0, 0.1) is 0 Å². The molecule has 4 heteroatoms. The summed E-state index contributed by atoms with van der Waals surface area (Å²) in [7, 11) is 1.61. The highest BCUT2D eigenvalue weighted by molar-refractivity contribution is 5.87. The molecule has 0 aliphatic carbocycles. The SMILES string of the molecule is COc1ccc(/C=C/C(=O)OCCN)cc1. The quantitative estimate of drug-likeness (QED) is 0.599. The lowest BCUT2D eigenvalue weighted by atomic mass is 10.2. The molecule has 0 saturated heterocycles. The monoisotopic (exact) mass is 221 g/mol. The van der Waals surface area contributed by atoms with Crippen molar-refractivity contribution in [2.75, 3.05) is 20.3 Å². The predicted molar refractivity (Wildman–Crippen MR) is 62.0 cm³/mol. The van der Waals surface area contributed by atoms with Crippen molar-refractivity contribution in [3.05, 3.63) is 35.9 Å². The summed E-state index contributed by atoms with van der Waals surface area (Å²) in [5.41, 5.74) is 6.11. The van der Waals surface area contributed by atoms with Gasteiger partial charge in [0.15, 0.2) is 0 Å². The summed E-state index contributed by atoms with van der Waals surface area (Å²) >= 11 is 0. The minimum absolute atomic E-state index is 0.242. The van der Waals surface area contributed by atoms with Gasteiger partial charge >= 0.3 is 5.97 Å². The van der Waals surface area contributed by atoms with Crippen LogP contribution in [0.15, 0.2) is 30.3 Å². The van der Waals surface area contributed by atoms with E-state index in [1.165, 1.54) is 6.08 Å². The minimum atomic E-state index is -0.388. The summed E-state index contributed by atoms with van der Waals surface area (Å²) < 4.78 is 9.80. The van der Waals surface area contributed by atoms with E-state index < -0.39 is 0 Å². The van der Waals surface area contributed by atoms with Crippen LogP contribution in [-0.2, 0) is 9.53 Å². The van der Waals surface area contributed by atoms with Gasteiger partial charge in [-0.3, -0.25) is 0 Å². The van der Waals surface area contributed by atoms with E-state index in [0.29, 0.717) is 6.54 Å². The average Bonchev–Trinajstić information content (AvgIpc) is 2.34. The molecule has 0 aliphatic heterocycles. The van der Waals surface area contributed by atoms with Crippen molar-refractivity contribution < 1.29 is 14.3 Å². The van der Waals surface area contributed by atoms with Crippen LogP contribution < -0.4 is 10.5 Å². The predicted octanol–water partition coefficient (Wildman–Crippen LogP) is 1.21. The first-order chi connectivity index (χ1) is 7.76. The third-order valence-corrected chi connectivity index (χ3v) is 1.89. The molecule has 0 saturated carbocycles.